The standard InChI is InChI=1S/C14H22N2O/c1-9-7-11(3)12(8-10(9)2)14(16-15)13-5-4-6-17-13/h7-8,13-14,16H,4-6,15H2,1-3H3. The zero-order valence-electron chi connectivity index (χ0n) is 10.9. The van der Waals surface area contributed by atoms with Crippen LogP contribution in [-0.2, 0) is 4.74 Å². The first-order valence-electron chi connectivity index (χ1n) is 6.29. The minimum absolute atomic E-state index is 0.108. The fraction of sp³-hybridized carbons (Fsp3) is 0.571. The molecule has 3 nitrogen and oxygen atoms in total. The Morgan fingerprint density at radius 3 is 2.53 bits per heavy atom. The molecule has 17 heavy (non-hydrogen) atoms. The Labute approximate surface area is 103 Å². The van der Waals surface area contributed by atoms with E-state index in [4.69, 9.17) is 10.6 Å². The second-order valence-corrected chi connectivity index (χ2v) is 4.99. The van der Waals surface area contributed by atoms with Crippen molar-refractivity contribution >= 4 is 0 Å². The van der Waals surface area contributed by atoms with Gasteiger partial charge in [-0.25, -0.2) is 0 Å². The van der Waals surface area contributed by atoms with Crippen LogP contribution in [0.3, 0.4) is 0 Å². The summed E-state index contributed by atoms with van der Waals surface area (Å²) >= 11 is 0. The van der Waals surface area contributed by atoms with Gasteiger partial charge < -0.3 is 4.74 Å². The smallest absolute Gasteiger partial charge is 0.0783 e. The number of ether oxygens (including phenoxy) is 1. The van der Waals surface area contributed by atoms with Gasteiger partial charge in [-0.05, 0) is 55.9 Å². The molecule has 0 spiro atoms. The Balaban J connectivity index is 2.32. The van der Waals surface area contributed by atoms with E-state index < -0.39 is 0 Å². The number of hydrogen-bond acceptors (Lipinski definition) is 3. The quantitative estimate of drug-likeness (QED) is 0.623. The topological polar surface area (TPSA) is 47.3 Å². The molecule has 1 heterocycles. The van der Waals surface area contributed by atoms with E-state index in [0.717, 1.165) is 19.4 Å². The lowest BCUT2D eigenvalue weighted by atomic mass is 9.92. The van der Waals surface area contributed by atoms with E-state index in [2.05, 4.69) is 38.3 Å². The number of hydrogen-bond donors (Lipinski definition) is 2. The molecule has 0 radical (unpaired) electrons. The summed E-state index contributed by atoms with van der Waals surface area (Å²) in [7, 11) is 0. The van der Waals surface area contributed by atoms with Gasteiger partial charge in [-0.1, -0.05) is 12.1 Å². The van der Waals surface area contributed by atoms with Crippen molar-refractivity contribution in [3.8, 4) is 0 Å². The number of aryl methyl sites for hydroxylation is 3. The third kappa shape index (κ3) is 2.51. The van der Waals surface area contributed by atoms with E-state index in [1.807, 2.05) is 0 Å². The molecule has 2 atom stereocenters. The fourth-order valence-electron chi connectivity index (χ4n) is 2.58. The molecule has 2 unspecified atom stereocenters. The number of nitrogens with two attached hydrogens (primary N) is 1. The fourth-order valence-corrected chi connectivity index (χ4v) is 2.58. The van der Waals surface area contributed by atoms with Gasteiger partial charge in [0.2, 0.25) is 0 Å². The average Bonchev–Trinajstić information content (AvgIpc) is 2.80. The van der Waals surface area contributed by atoms with Crippen LogP contribution in [0.5, 0.6) is 0 Å². The van der Waals surface area contributed by atoms with Gasteiger partial charge in [0.1, 0.15) is 0 Å². The molecular formula is C14H22N2O. The van der Waals surface area contributed by atoms with Gasteiger partial charge in [-0.3, -0.25) is 11.3 Å². The lowest BCUT2D eigenvalue weighted by molar-refractivity contribution is 0.0781. The first-order valence-corrected chi connectivity index (χ1v) is 6.29. The Morgan fingerprint density at radius 1 is 1.24 bits per heavy atom. The molecule has 0 bridgehead atoms. The maximum absolute atomic E-state index is 5.74. The lowest BCUT2D eigenvalue weighted by Crippen LogP contribution is -2.36. The highest BCUT2D eigenvalue weighted by Crippen LogP contribution is 2.29. The largest absolute Gasteiger partial charge is 0.376 e. The number of benzene rings is 1. The monoisotopic (exact) mass is 234 g/mol. The van der Waals surface area contributed by atoms with Crippen LogP contribution in [0.1, 0.15) is 41.1 Å². The van der Waals surface area contributed by atoms with Crippen LogP contribution in [0, 0.1) is 20.8 Å². The van der Waals surface area contributed by atoms with Crippen molar-refractivity contribution in [2.45, 2.75) is 45.8 Å². The third-order valence-corrected chi connectivity index (χ3v) is 3.73. The maximum Gasteiger partial charge on any atom is 0.0783 e. The van der Waals surface area contributed by atoms with Crippen LogP contribution in [0.25, 0.3) is 0 Å². The van der Waals surface area contributed by atoms with Gasteiger partial charge in [-0.15, -0.1) is 0 Å². The van der Waals surface area contributed by atoms with E-state index in [0.29, 0.717) is 0 Å². The molecule has 3 N–H and O–H groups in total. The van der Waals surface area contributed by atoms with Crippen LogP contribution >= 0.6 is 0 Å². The van der Waals surface area contributed by atoms with E-state index in [9.17, 15) is 0 Å². The first kappa shape index (κ1) is 12.6. The highest BCUT2D eigenvalue weighted by molar-refractivity contribution is 5.38. The second-order valence-electron chi connectivity index (χ2n) is 4.99. The summed E-state index contributed by atoms with van der Waals surface area (Å²) in [6.07, 6.45) is 2.43. The molecule has 1 aromatic rings. The van der Waals surface area contributed by atoms with Crippen LogP contribution in [0.2, 0.25) is 0 Å². The zero-order chi connectivity index (χ0) is 12.4. The van der Waals surface area contributed by atoms with Gasteiger partial charge in [0, 0.05) is 6.61 Å². The SMILES string of the molecule is Cc1cc(C)c(C(NN)C2CCCO2)cc1C. The Bertz CT molecular complexity index is 397. The van der Waals surface area contributed by atoms with Crippen molar-refractivity contribution < 1.29 is 4.74 Å². The van der Waals surface area contributed by atoms with Crippen molar-refractivity contribution in [3.05, 3.63) is 34.4 Å². The van der Waals surface area contributed by atoms with Crippen molar-refractivity contribution in [2.75, 3.05) is 6.61 Å². The Kier molecular flexibility index (Phi) is 3.82. The minimum Gasteiger partial charge on any atom is -0.376 e. The summed E-state index contributed by atoms with van der Waals surface area (Å²) in [6, 6.07) is 4.57. The molecule has 1 aliphatic rings. The zero-order valence-corrected chi connectivity index (χ0v) is 10.9. The van der Waals surface area contributed by atoms with Gasteiger partial charge in [-0.2, -0.15) is 0 Å². The summed E-state index contributed by atoms with van der Waals surface area (Å²) in [5.41, 5.74) is 8.11. The normalized spacial score (nSPS) is 21.8. The van der Waals surface area contributed by atoms with Crippen molar-refractivity contribution in [1.82, 2.24) is 5.43 Å². The van der Waals surface area contributed by atoms with Gasteiger partial charge >= 0.3 is 0 Å². The lowest BCUT2D eigenvalue weighted by Gasteiger charge is -2.25. The highest BCUT2D eigenvalue weighted by atomic mass is 16.5. The van der Waals surface area contributed by atoms with Crippen LogP contribution < -0.4 is 11.3 Å². The maximum atomic E-state index is 5.74. The predicted molar refractivity (Wildman–Crippen MR) is 69.7 cm³/mol. The van der Waals surface area contributed by atoms with E-state index >= 15 is 0 Å². The van der Waals surface area contributed by atoms with Crippen molar-refractivity contribution in [3.63, 3.8) is 0 Å². The Morgan fingerprint density at radius 2 is 1.94 bits per heavy atom. The molecule has 0 aliphatic carbocycles. The summed E-state index contributed by atoms with van der Waals surface area (Å²) in [5.74, 6) is 5.71. The summed E-state index contributed by atoms with van der Waals surface area (Å²) in [5, 5.41) is 0. The molecule has 1 aromatic carbocycles. The number of rotatable bonds is 3. The van der Waals surface area contributed by atoms with E-state index in [-0.39, 0.29) is 12.1 Å². The van der Waals surface area contributed by atoms with Gasteiger partial charge in [0.25, 0.3) is 0 Å². The summed E-state index contributed by atoms with van der Waals surface area (Å²) < 4.78 is 5.74. The molecular weight excluding hydrogens is 212 g/mol. The average molecular weight is 234 g/mol. The highest BCUT2D eigenvalue weighted by Gasteiger charge is 2.27. The molecule has 2 rings (SSSR count). The molecule has 94 valence electrons. The van der Waals surface area contributed by atoms with Crippen molar-refractivity contribution in [2.24, 2.45) is 5.84 Å². The Hall–Kier alpha value is -0.900. The molecule has 1 saturated heterocycles. The van der Waals surface area contributed by atoms with Gasteiger partial charge in [0.15, 0.2) is 0 Å². The van der Waals surface area contributed by atoms with Gasteiger partial charge in [0.05, 0.1) is 12.1 Å². The molecule has 0 amide bonds. The summed E-state index contributed by atoms with van der Waals surface area (Å²) in [4.78, 5) is 0. The van der Waals surface area contributed by atoms with Crippen molar-refractivity contribution in [1.29, 1.82) is 0 Å². The molecule has 1 fully saturated rings. The summed E-state index contributed by atoms with van der Waals surface area (Å²) in [6.45, 7) is 7.28. The molecule has 3 heteroatoms. The molecule has 0 aromatic heterocycles. The molecule has 1 aliphatic heterocycles. The number of hydrazine groups is 1. The van der Waals surface area contributed by atoms with E-state index in [1.165, 1.54) is 22.3 Å². The van der Waals surface area contributed by atoms with Crippen LogP contribution in [-0.4, -0.2) is 12.7 Å². The molecule has 0 saturated carbocycles. The first-order chi connectivity index (χ1) is 8.13. The van der Waals surface area contributed by atoms with Crippen LogP contribution in [0.4, 0.5) is 0 Å². The minimum atomic E-state index is 0.108. The van der Waals surface area contributed by atoms with E-state index in [1.54, 1.807) is 0 Å². The second kappa shape index (κ2) is 5.17. The predicted octanol–water partition coefficient (Wildman–Crippen LogP) is 2.30. The third-order valence-electron chi connectivity index (χ3n) is 3.73. The van der Waals surface area contributed by atoms with Crippen LogP contribution in [0.15, 0.2) is 12.1 Å². The number of nitrogens with one attached hydrogen (secondary N) is 1.